The Morgan fingerprint density at radius 2 is 1.96 bits per heavy atom. The van der Waals surface area contributed by atoms with Crippen LogP contribution in [0, 0.1) is 6.92 Å². The van der Waals surface area contributed by atoms with Gasteiger partial charge in [0.1, 0.15) is 5.75 Å². The van der Waals surface area contributed by atoms with Crippen LogP contribution in [0.2, 0.25) is 0 Å². The third kappa shape index (κ3) is 5.29. The van der Waals surface area contributed by atoms with Crippen LogP contribution in [0.25, 0.3) is 0 Å². The van der Waals surface area contributed by atoms with Crippen molar-refractivity contribution in [2.24, 2.45) is 4.99 Å². The zero-order valence-electron chi connectivity index (χ0n) is 14.0. The highest BCUT2D eigenvalue weighted by Crippen LogP contribution is 2.10. The molecule has 0 bridgehead atoms. The maximum Gasteiger partial charge on any atom is 0.191 e. The third-order valence-corrected chi connectivity index (χ3v) is 3.67. The molecule has 0 unspecified atom stereocenters. The standard InChI is InChI=1S/C18H24N4O/c1-14-12-20-10-8-16(14)9-11-21-18(19-2)22-13-15-4-6-17(23-3)7-5-15/h4-8,10,12H,9,11,13H2,1-3H3,(H2,19,21,22). The van der Waals surface area contributed by atoms with E-state index >= 15 is 0 Å². The molecule has 0 fully saturated rings. The van der Waals surface area contributed by atoms with Crippen molar-refractivity contribution in [3.8, 4) is 5.75 Å². The fourth-order valence-corrected chi connectivity index (χ4v) is 2.25. The van der Waals surface area contributed by atoms with Crippen LogP contribution in [-0.4, -0.2) is 31.6 Å². The van der Waals surface area contributed by atoms with Gasteiger partial charge >= 0.3 is 0 Å². The number of hydrogen-bond donors (Lipinski definition) is 2. The van der Waals surface area contributed by atoms with Crippen LogP contribution in [0.15, 0.2) is 47.7 Å². The van der Waals surface area contributed by atoms with Crippen LogP contribution in [-0.2, 0) is 13.0 Å². The predicted octanol–water partition coefficient (Wildman–Crippen LogP) is 2.31. The van der Waals surface area contributed by atoms with Crippen LogP contribution >= 0.6 is 0 Å². The number of nitrogens with one attached hydrogen (secondary N) is 2. The van der Waals surface area contributed by atoms with Gasteiger partial charge in [0.2, 0.25) is 0 Å². The average molecular weight is 312 g/mol. The number of methoxy groups -OCH3 is 1. The van der Waals surface area contributed by atoms with Gasteiger partial charge in [-0.3, -0.25) is 9.98 Å². The van der Waals surface area contributed by atoms with Crippen molar-refractivity contribution in [2.45, 2.75) is 19.9 Å². The topological polar surface area (TPSA) is 58.5 Å². The molecule has 2 rings (SSSR count). The summed E-state index contributed by atoms with van der Waals surface area (Å²) in [6.45, 7) is 3.63. The van der Waals surface area contributed by atoms with E-state index < -0.39 is 0 Å². The summed E-state index contributed by atoms with van der Waals surface area (Å²) >= 11 is 0. The Morgan fingerprint density at radius 3 is 2.61 bits per heavy atom. The number of aromatic nitrogens is 1. The molecule has 0 radical (unpaired) electrons. The van der Waals surface area contributed by atoms with Gasteiger partial charge in [-0.05, 0) is 48.2 Å². The summed E-state index contributed by atoms with van der Waals surface area (Å²) in [5.41, 5.74) is 3.70. The van der Waals surface area contributed by atoms with Crippen molar-refractivity contribution in [3.05, 3.63) is 59.4 Å². The normalized spacial score (nSPS) is 11.2. The van der Waals surface area contributed by atoms with Gasteiger partial charge in [0.05, 0.1) is 7.11 Å². The maximum atomic E-state index is 5.16. The summed E-state index contributed by atoms with van der Waals surface area (Å²) in [5, 5.41) is 6.64. The van der Waals surface area contributed by atoms with Crippen molar-refractivity contribution in [2.75, 3.05) is 20.7 Å². The number of pyridine rings is 1. The van der Waals surface area contributed by atoms with Gasteiger partial charge < -0.3 is 15.4 Å². The molecule has 0 saturated heterocycles. The molecule has 0 aliphatic rings. The zero-order chi connectivity index (χ0) is 16.5. The molecule has 0 saturated carbocycles. The smallest absolute Gasteiger partial charge is 0.191 e. The van der Waals surface area contributed by atoms with E-state index in [1.54, 1.807) is 14.2 Å². The molecular formula is C18H24N4O. The predicted molar refractivity (Wildman–Crippen MR) is 93.9 cm³/mol. The van der Waals surface area contributed by atoms with E-state index in [0.29, 0.717) is 0 Å². The Hall–Kier alpha value is -2.56. The molecule has 2 aromatic rings. The third-order valence-electron chi connectivity index (χ3n) is 3.67. The minimum absolute atomic E-state index is 0.720. The number of hydrogen-bond acceptors (Lipinski definition) is 3. The van der Waals surface area contributed by atoms with E-state index in [9.17, 15) is 0 Å². The molecule has 23 heavy (non-hydrogen) atoms. The summed E-state index contributed by atoms with van der Waals surface area (Å²) in [4.78, 5) is 8.36. The molecule has 1 heterocycles. The van der Waals surface area contributed by atoms with Gasteiger partial charge in [-0.2, -0.15) is 0 Å². The SMILES string of the molecule is CN=C(NCCc1ccncc1C)NCc1ccc(OC)cc1. The Morgan fingerprint density at radius 1 is 1.17 bits per heavy atom. The number of ether oxygens (including phenoxy) is 1. The molecule has 0 aliphatic heterocycles. The Balaban J connectivity index is 1.78. The van der Waals surface area contributed by atoms with Crippen molar-refractivity contribution in [1.82, 2.24) is 15.6 Å². The molecule has 5 nitrogen and oxygen atoms in total. The lowest BCUT2D eigenvalue weighted by Crippen LogP contribution is -2.37. The monoisotopic (exact) mass is 312 g/mol. The van der Waals surface area contributed by atoms with Crippen LogP contribution < -0.4 is 15.4 Å². The lowest BCUT2D eigenvalue weighted by Gasteiger charge is -2.13. The molecule has 0 amide bonds. The molecule has 0 spiro atoms. The summed E-state index contributed by atoms with van der Waals surface area (Å²) in [6.07, 6.45) is 4.67. The van der Waals surface area contributed by atoms with Gasteiger partial charge in [0.25, 0.3) is 0 Å². The Kier molecular flexibility index (Phi) is 6.41. The number of nitrogens with zero attached hydrogens (tertiary/aromatic N) is 2. The first-order valence-electron chi connectivity index (χ1n) is 7.70. The molecule has 2 N–H and O–H groups in total. The van der Waals surface area contributed by atoms with Gasteiger partial charge in [-0.1, -0.05) is 12.1 Å². The summed E-state index contributed by atoms with van der Waals surface area (Å²) in [6, 6.07) is 10.1. The molecule has 0 aliphatic carbocycles. The largest absolute Gasteiger partial charge is 0.497 e. The van der Waals surface area contributed by atoms with Crippen LogP contribution in [0.1, 0.15) is 16.7 Å². The molecular weight excluding hydrogens is 288 g/mol. The number of aryl methyl sites for hydroxylation is 1. The minimum Gasteiger partial charge on any atom is -0.497 e. The first kappa shape index (κ1) is 16.8. The molecule has 122 valence electrons. The minimum atomic E-state index is 0.720. The Bertz CT molecular complexity index is 638. The molecule has 0 atom stereocenters. The van der Waals surface area contributed by atoms with E-state index in [1.807, 2.05) is 36.7 Å². The first-order chi connectivity index (χ1) is 11.2. The van der Waals surface area contributed by atoms with Gasteiger partial charge in [-0.15, -0.1) is 0 Å². The molecule has 5 heteroatoms. The summed E-state index contributed by atoms with van der Waals surface area (Å²) in [5.74, 6) is 1.66. The van der Waals surface area contributed by atoms with E-state index in [1.165, 1.54) is 16.7 Å². The number of aliphatic imine (C=N–C) groups is 1. The second-order valence-electron chi connectivity index (χ2n) is 5.25. The Labute approximate surface area is 137 Å². The van der Waals surface area contributed by atoms with Crippen molar-refractivity contribution >= 4 is 5.96 Å². The van der Waals surface area contributed by atoms with Crippen LogP contribution in [0.3, 0.4) is 0 Å². The second kappa shape index (κ2) is 8.78. The summed E-state index contributed by atoms with van der Waals surface area (Å²) in [7, 11) is 3.45. The van der Waals surface area contributed by atoms with E-state index in [4.69, 9.17) is 4.74 Å². The fourth-order valence-electron chi connectivity index (χ4n) is 2.25. The number of rotatable bonds is 6. The second-order valence-corrected chi connectivity index (χ2v) is 5.25. The highest BCUT2D eigenvalue weighted by molar-refractivity contribution is 5.79. The lowest BCUT2D eigenvalue weighted by atomic mass is 10.1. The van der Waals surface area contributed by atoms with Gasteiger partial charge in [0.15, 0.2) is 5.96 Å². The quantitative estimate of drug-likeness (QED) is 0.635. The van der Waals surface area contributed by atoms with Crippen molar-refractivity contribution in [3.63, 3.8) is 0 Å². The van der Waals surface area contributed by atoms with Crippen LogP contribution in [0.4, 0.5) is 0 Å². The molecule has 1 aromatic carbocycles. The highest BCUT2D eigenvalue weighted by Gasteiger charge is 2.01. The molecule has 1 aromatic heterocycles. The van der Waals surface area contributed by atoms with Crippen LogP contribution in [0.5, 0.6) is 5.75 Å². The maximum absolute atomic E-state index is 5.16. The highest BCUT2D eigenvalue weighted by atomic mass is 16.5. The van der Waals surface area contributed by atoms with E-state index in [-0.39, 0.29) is 0 Å². The zero-order valence-corrected chi connectivity index (χ0v) is 14.0. The number of guanidine groups is 1. The number of benzene rings is 1. The average Bonchev–Trinajstić information content (AvgIpc) is 2.60. The first-order valence-corrected chi connectivity index (χ1v) is 7.70. The fraction of sp³-hybridized carbons (Fsp3) is 0.333. The van der Waals surface area contributed by atoms with Crippen molar-refractivity contribution < 1.29 is 4.74 Å². The van der Waals surface area contributed by atoms with Gasteiger partial charge in [0, 0.05) is 32.5 Å². The van der Waals surface area contributed by atoms with Crippen molar-refractivity contribution in [1.29, 1.82) is 0 Å². The summed E-state index contributed by atoms with van der Waals surface area (Å²) < 4.78 is 5.16. The lowest BCUT2D eigenvalue weighted by molar-refractivity contribution is 0.414. The van der Waals surface area contributed by atoms with E-state index in [0.717, 1.165) is 31.2 Å². The van der Waals surface area contributed by atoms with E-state index in [2.05, 4.69) is 33.6 Å². The van der Waals surface area contributed by atoms with Gasteiger partial charge in [-0.25, -0.2) is 0 Å².